The smallest absolute Gasteiger partial charge is 0.264 e. The number of halogens is 2. The molecule has 0 radical (unpaired) electrons. The Morgan fingerprint density at radius 2 is 1.53 bits per heavy atom. The third kappa shape index (κ3) is 5.30. The second-order valence-electron chi connectivity index (χ2n) is 5.32. The molecule has 0 bridgehead atoms. The summed E-state index contributed by atoms with van der Waals surface area (Å²) in [6.07, 6.45) is -2.70. The van der Waals surface area contributed by atoms with Crippen LogP contribution in [-0.4, -0.2) is 41.2 Å². The molecule has 104 valence electrons. The monoisotopic (exact) mass is 251 g/mol. The standard InChI is InChI=1S/C11H21F2NO.C2H6/c1-11(2,3)14-6-4-8(5-7-14)9(15)10(12)13;1-2/h8-10,15H,4-7H2,1-3H3;1-2H3. The summed E-state index contributed by atoms with van der Waals surface area (Å²) in [6, 6.07) is 0. The van der Waals surface area contributed by atoms with Gasteiger partial charge in [0.25, 0.3) is 6.43 Å². The molecule has 4 heteroatoms. The van der Waals surface area contributed by atoms with E-state index in [2.05, 4.69) is 25.7 Å². The number of alkyl halides is 2. The summed E-state index contributed by atoms with van der Waals surface area (Å²) in [5.74, 6) is -0.233. The summed E-state index contributed by atoms with van der Waals surface area (Å²) in [5, 5.41) is 9.27. The van der Waals surface area contributed by atoms with E-state index in [0.717, 1.165) is 13.1 Å². The first kappa shape index (κ1) is 16.8. The Bertz CT molecular complexity index is 196. The topological polar surface area (TPSA) is 23.5 Å². The van der Waals surface area contributed by atoms with Crippen molar-refractivity contribution in [2.45, 2.75) is 65.5 Å². The molecule has 1 unspecified atom stereocenters. The lowest BCUT2D eigenvalue weighted by atomic mass is 9.89. The van der Waals surface area contributed by atoms with E-state index in [1.165, 1.54) is 0 Å². The molecular weight excluding hydrogens is 224 g/mol. The highest BCUT2D eigenvalue weighted by atomic mass is 19.3. The SMILES string of the molecule is CC.CC(C)(C)N1CCC(C(O)C(F)F)CC1. The van der Waals surface area contributed by atoms with Gasteiger partial charge >= 0.3 is 0 Å². The van der Waals surface area contributed by atoms with Gasteiger partial charge in [-0.1, -0.05) is 13.8 Å². The molecular formula is C13H27F2NO. The highest BCUT2D eigenvalue weighted by Crippen LogP contribution is 2.27. The van der Waals surface area contributed by atoms with Crippen LogP contribution in [0.3, 0.4) is 0 Å². The fourth-order valence-corrected chi connectivity index (χ4v) is 2.12. The van der Waals surface area contributed by atoms with Crippen LogP contribution in [0.5, 0.6) is 0 Å². The lowest BCUT2D eigenvalue weighted by molar-refractivity contribution is -0.0595. The highest BCUT2D eigenvalue weighted by molar-refractivity contribution is 4.84. The van der Waals surface area contributed by atoms with Crippen LogP contribution in [0.2, 0.25) is 0 Å². The molecule has 1 aliphatic heterocycles. The number of piperidine rings is 1. The maximum atomic E-state index is 12.3. The van der Waals surface area contributed by atoms with Gasteiger partial charge in [0, 0.05) is 5.54 Å². The predicted molar refractivity (Wildman–Crippen MR) is 67.4 cm³/mol. The van der Waals surface area contributed by atoms with Gasteiger partial charge in [0.15, 0.2) is 0 Å². The molecule has 1 saturated heterocycles. The number of aliphatic hydroxyl groups excluding tert-OH is 1. The van der Waals surface area contributed by atoms with Crippen molar-refractivity contribution in [2.75, 3.05) is 13.1 Å². The van der Waals surface area contributed by atoms with Crippen molar-refractivity contribution in [1.29, 1.82) is 0 Å². The molecule has 1 aliphatic rings. The molecule has 0 aromatic heterocycles. The van der Waals surface area contributed by atoms with Gasteiger partial charge in [-0.3, -0.25) is 4.90 Å². The maximum absolute atomic E-state index is 12.3. The minimum absolute atomic E-state index is 0.0980. The lowest BCUT2D eigenvalue weighted by Gasteiger charge is -2.41. The minimum atomic E-state index is -2.60. The first-order valence-corrected chi connectivity index (χ1v) is 6.53. The van der Waals surface area contributed by atoms with Crippen LogP contribution in [-0.2, 0) is 0 Å². The third-order valence-corrected chi connectivity index (χ3v) is 3.23. The van der Waals surface area contributed by atoms with E-state index in [-0.39, 0.29) is 11.5 Å². The molecule has 1 atom stereocenters. The van der Waals surface area contributed by atoms with Gasteiger partial charge in [-0.2, -0.15) is 0 Å². The molecule has 2 nitrogen and oxygen atoms in total. The zero-order valence-electron chi connectivity index (χ0n) is 11.7. The van der Waals surface area contributed by atoms with E-state index >= 15 is 0 Å². The van der Waals surface area contributed by atoms with Crippen molar-refractivity contribution >= 4 is 0 Å². The Hall–Kier alpha value is -0.220. The summed E-state index contributed by atoms with van der Waals surface area (Å²) in [5.41, 5.74) is 0.0980. The van der Waals surface area contributed by atoms with Crippen molar-refractivity contribution in [3.63, 3.8) is 0 Å². The van der Waals surface area contributed by atoms with Crippen LogP contribution in [0.25, 0.3) is 0 Å². The van der Waals surface area contributed by atoms with E-state index in [4.69, 9.17) is 0 Å². The van der Waals surface area contributed by atoms with Gasteiger partial charge in [0.2, 0.25) is 0 Å². The lowest BCUT2D eigenvalue weighted by Crippen LogP contribution is -2.48. The average molecular weight is 251 g/mol. The van der Waals surface area contributed by atoms with Crippen molar-refractivity contribution in [3.05, 3.63) is 0 Å². The van der Waals surface area contributed by atoms with Crippen LogP contribution < -0.4 is 0 Å². The number of rotatable bonds is 2. The fraction of sp³-hybridized carbons (Fsp3) is 1.00. The van der Waals surface area contributed by atoms with Crippen molar-refractivity contribution in [1.82, 2.24) is 4.90 Å². The fourth-order valence-electron chi connectivity index (χ4n) is 2.12. The maximum Gasteiger partial charge on any atom is 0.264 e. The van der Waals surface area contributed by atoms with Gasteiger partial charge in [-0.05, 0) is 52.6 Å². The zero-order valence-corrected chi connectivity index (χ0v) is 11.7. The zero-order chi connectivity index (χ0) is 13.6. The predicted octanol–water partition coefficient (Wildman–Crippen LogP) is 3.15. The second kappa shape index (κ2) is 7.27. The molecule has 1 rings (SSSR count). The van der Waals surface area contributed by atoms with Gasteiger partial charge in [-0.25, -0.2) is 8.78 Å². The Morgan fingerprint density at radius 3 is 1.82 bits per heavy atom. The Morgan fingerprint density at radius 1 is 1.12 bits per heavy atom. The molecule has 1 fully saturated rings. The Balaban J connectivity index is 0.00000121. The number of hydrogen-bond acceptors (Lipinski definition) is 2. The summed E-state index contributed by atoms with van der Waals surface area (Å²) in [7, 11) is 0. The minimum Gasteiger partial charge on any atom is -0.387 e. The number of nitrogens with zero attached hydrogens (tertiary/aromatic N) is 1. The van der Waals surface area contributed by atoms with E-state index in [1.54, 1.807) is 0 Å². The number of hydrogen-bond donors (Lipinski definition) is 1. The quantitative estimate of drug-likeness (QED) is 0.815. The second-order valence-corrected chi connectivity index (χ2v) is 5.32. The van der Waals surface area contributed by atoms with E-state index in [1.807, 2.05) is 13.8 Å². The van der Waals surface area contributed by atoms with Crippen LogP contribution in [0.1, 0.15) is 47.5 Å². The van der Waals surface area contributed by atoms with Gasteiger partial charge < -0.3 is 5.11 Å². The summed E-state index contributed by atoms with van der Waals surface area (Å²) in [4.78, 5) is 2.28. The van der Waals surface area contributed by atoms with Crippen molar-refractivity contribution in [2.24, 2.45) is 5.92 Å². The molecule has 0 spiro atoms. The third-order valence-electron chi connectivity index (χ3n) is 3.23. The normalized spacial score (nSPS) is 21.0. The first-order chi connectivity index (χ1) is 7.82. The Kier molecular flexibility index (Phi) is 7.17. The number of aliphatic hydroxyl groups is 1. The highest BCUT2D eigenvalue weighted by Gasteiger charge is 2.33. The summed E-state index contributed by atoms with van der Waals surface area (Å²) < 4.78 is 24.6. The van der Waals surface area contributed by atoms with Crippen molar-refractivity contribution in [3.8, 4) is 0 Å². The molecule has 0 aliphatic carbocycles. The van der Waals surface area contributed by atoms with E-state index in [9.17, 15) is 13.9 Å². The van der Waals surface area contributed by atoms with Gasteiger partial charge in [0.1, 0.15) is 6.10 Å². The van der Waals surface area contributed by atoms with Gasteiger partial charge in [-0.15, -0.1) is 0 Å². The molecule has 1 heterocycles. The van der Waals surface area contributed by atoms with Crippen LogP contribution in [0.4, 0.5) is 8.78 Å². The summed E-state index contributed by atoms with van der Waals surface area (Å²) in [6.45, 7) is 12.0. The molecule has 1 N–H and O–H groups in total. The molecule has 0 aromatic rings. The molecule has 0 aromatic carbocycles. The van der Waals surface area contributed by atoms with Crippen LogP contribution >= 0.6 is 0 Å². The van der Waals surface area contributed by atoms with E-state index in [0.29, 0.717) is 12.8 Å². The van der Waals surface area contributed by atoms with Crippen molar-refractivity contribution < 1.29 is 13.9 Å². The molecule has 17 heavy (non-hydrogen) atoms. The van der Waals surface area contributed by atoms with Crippen LogP contribution in [0, 0.1) is 5.92 Å². The van der Waals surface area contributed by atoms with E-state index < -0.39 is 12.5 Å². The summed E-state index contributed by atoms with van der Waals surface area (Å²) >= 11 is 0. The average Bonchev–Trinajstić information content (AvgIpc) is 2.29. The van der Waals surface area contributed by atoms with Gasteiger partial charge in [0.05, 0.1) is 0 Å². The molecule has 0 saturated carbocycles. The number of likely N-dealkylation sites (tertiary alicyclic amines) is 1. The first-order valence-electron chi connectivity index (χ1n) is 6.53. The van der Waals surface area contributed by atoms with Crippen LogP contribution in [0.15, 0.2) is 0 Å². The largest absolute Gasteiger partial charge is 0.387 e. The Labute approximate surface area is 104 Å². The molecule has 0 amide bonds.